The van der Waals surface area contributed by atoms with E-state index in [2.05, 4.69) is 41.4 Å². The molecule has 1 unspecified atom stereocenters. The summed E-state index contributed by atoms with van der Waals surface area (Å²) >= 11 is 0. The topological polar surface area (TPSA) is 68.7 Å². The SMILES string of the molecule is CC1(C(=O)O)OCC(CCCCC(c2ccccc2)c2ccncc2)CO1. The molecule has 0 saturated carbocycles. The minimum Gasteiger partial charge on any atom is -0.477 e. The predicted octanol–water partition coefficient (Wildman–Crippen LogP) is 4.24. The van der Waals surface area contributed by atoms with Crippen LogP contribution in [0.1, 0.15) is 49.7 Å². The Balaban J connectivity index is 1.50. The highest BCUT2D eigenvalue weighted by atomic mass is 16.7. The van der Waals surface area contributed by atoms with Gasteiger partial charge in [-0.2, -0.15) is 0 Å². The van der Waals surface area contributed by atoms with Crippen molar-refractivity contribution in [3.63, 3.8) is 0 Å². The molecule has 5 nitrogen and oxygen atoms in total. The Kier molecular flexibility index (Phi) is 6.58. The third-order valence-electron chi connectivity index (χ3n) is 5.24. The van der Waals surface area contributed by atoms with Gasteiger partial charge in [0.05, 0.1) is 13.2 Å². The average Bonchev–Trinajstić information content (AvgIpc) is 2.71. The van der Waals surface area contributed by atoms with Gasteiger partial charge in [-0.1, -0.05) is 43.2 Å². The molecule has 27 heavy (non-hydrogen) atoms. The molecule has 1 aromatic carbocycles. The zero-order valence-corrected chi connectivity index (χ0v) is 15.7. The largest absolute Gasteiger partial charge is 0.477 e. The van der Waals surface area contributed by atoms with E-state index in [1.807, 2.05) is 18.5 Å². The summed E-state index contributed by atoms with van der Waals surface area (Å²) in [5.74, 6) is -1.93. The lowest BCUT2D eigenvalue weighted by Crippen LogP contribution is -2.47. The van der Waals surface area contributed by atoms with Crippen molar-refractivity contribution in [1.82, 2.24) is 4.98 Å². The molecule has 2 aromatic rings. The molecule has 1 aliphatic heterocycles. The first-order valence-corrected chi connectivity index (χ1v) is 9.54. The van der Waals surface area contributed by atoms with E-state index in [4.69, 9.17) is 14.6 Å². The van der Waals surface area contributed by atoms with E-state index in [0.29, 0.717) is 19.1 Å². The summed E-state index contributed by atoms with van der Waals surface area (Å²) in [6.45, 7) is 2.34. The zero-order chi connectivity index (χ0) is 19.1. The average molecular weight is 369 g/mol. The summed E-state index contributed by atoms with van der Waals surface area (Å²) < 4.78 is 10.9. The Hall–Kier alpha value is -2.24. The second kappa shape index (κ2) is 9.11. The summed E-state index contributed by atoms with van der Waals surface area (Å²) in [7, 11) is 0. The van der Waals surface area contributed by atoms with Crippen LogP contribution in [0.15, 0.2) is 54.9 Å². The summed E-state index contributed by atoms with van der Waals surface area (Å²) in [5, 5.41) is 9.12. The first-order chi connectivity index (χ1) is 13.1. The van der Waals surface area contributed by atoms with Gasteiger partial charge in [-0.15, -0.1) is 0 Å². The molecule has 1 aromatic heterocycles. The second-order valence-corrected chi connectivity index (χ2v) is 7.27. The number of carboxylic acids is 1. The van der Waals surface area contributed by atoms with Gasteiger partial charge in [-0.3, -0.25) is 4.98 Å². The number of unbranched alkanes of at least 4 members (excludes halogenated alkanes) is 1. The molecule has 5 heteroatoms. The first kappa shape index (κ1) is 19.5. The zero-order valence-electron chi connectivity index (χ0n) is 15.7. The van der Waals surface area contributed by atoms with Gasteiger partial charge >= 0.3 is 5.97 Å². The molecule has 0 spiro atoms. The summed E-state index contributed by atoms with van der Waals surface area (Å²) in [5.41, 5.74) is 2.61. The van der Waals surface area contributed by atoms with Crippen LogP contribution in [0.2, 0.25) is 0 Å². The normalized spacial score (nSPS) is 23.7. The van der Waals surface area contributed by atoms with Crippen LogP contribution in [0.4, 0.5) is 0 Å². The number of ether oxygens (including phenoxy) is 2. The lowest BCUT2D eigenvalue weighted by molar-refractivity contribution is -0.271. The second-order valence-electron chi connectivity index (χ2n) is 7.27. The highest BCUT2D eigenvalue weighted by molar-refractivity contribution is 5.75. The van der Waals surface area contributed by atoms with Crippen molar-refractivity contribution >= 4 is 5.97 Å². The van der Waals surface area contributed by atoms with Gasteiger partial charge in [0.2, 0.25) is 0 Å². The van der Waals surface area contributed by atoms with Crippen molar-refractivity contribution in [3.05, 3.63) is 66.0 Å². The van der Waals surface area contributed by atoms with Crippen LogP contribution >= 0.6 is 0 Å². The molecule has 0 aliphatic carbocycles. The van der Waals surface area contributed by atoms with E-state index in [-0.39, 0.29) is 5.92 Å². The van der Waals surface area contributed by atoms with E-state index in [0.717, 1.165) is 25.7 Å². The Morgan fingerprint density at radius 1 is 1.11 bits per heavy atom. The fourth-order valence-corrected chi connectivity index (χ4v) is 3.52. The van der Waals surface area contributed by atoms with Crippen LogP contribution in [0.5, 0.6) is 0 Å². The molecule has 0 amide bonds. The monoisotopic (exact) mass is 369 g/mol. The number of hydrogen-bond donors (Lipinski definition) is 1. The van der Waals surface area contributed by atoms with Gasteiger partial charge in [0.15, 0.2) is 0 Å². The molecule has 0 bridgehead atoms. The molecule has 0 radical (unpaired) electrons. The molecule has 144 valence electrons. The molecule has 1 atom stereocenters. The van der Waals surface area contributed by atoms with Crippen molar-refractivity contribution in [2.45, 2.75) is 44.3 Å². The van der Waals surface area contributed by atoms with Crippen LogP contribution in [0.25, 0.3) is 0 Å². The molecule has 2 heterocycles. The maximum Gasteiger partial charge on any atom is 0.364 e. The number of carbonyl (C=O) groups is 1. The Bertz CT molecular complexity index is 672. The van der Waals surface area contributed by atoms with Crippen LogP contribution < -0.4 is 0 Å². The highest BCUT2D eigenvalue weighted by Gasteiger charge is 2.40. The third-order valence-corrected chi connectivity index (χ3v) is 5.24. The number of hydrogen-bond acceptors (Lipinski definition) is 4. The fourth-order valence-electron chi connectivity index (χ4n) is 3.52. The molecule has 3 rings (SSSR count). The number of nitrogens with zero attached hydrogens (tertiary/aromatic N) is 1. The maximum absolute atomic E-state index is 11.1. The van der Waals surface area contributed by atoms with Gasteiger partial charge in [0, 0.05) is 31.2 Å². The first-order valence-electron chi connectivity index (χ1n) is 9.54. The van der Waals surface area contributed by atoms with Crippen molar-refractivity contribution in [3.8, 4) is 0 Å². The van der Waals surface area contributed by atoms with E-state index < -0.39 is 11.8 Å². The van der Waals surface area contributed by atoms with E-state index in [1.165, 1.54) is 18.1 Å². The molecule has 1 saturated heterocycles. The molecule has 1 N–H and O–H groups in total. The Morgan fingerprint density at radius 3 is 2.37 bits per heavy atom. The quantitative estimate of drug-likeness (QED) is 0.705. The van der Waals surface area contributed by atoms with Gasteiger partial charge < -0.3 is 14.6 Å². The van der Waals surface area contributed by atoms with E-state index in [1.54, 1.807) is 0 Å². The number of aromatic nitrogens is 1. The standard InChI is InChI=1S/C22H27NO4/c1-22(21(24)25)26-15-17(16-27-22)7-5-6-10-20(18-8-3-2-4-9-18)19-11-13-23-14-12-19/h2-4,8-9,11-14,17,20H,5-7,10,15-16H2,1H3,(H,24,25). The van der Waals surface area contributed by atoms with Crippen LogP contribution in [0.3, 0.4) is 0 Å². The minimum atomic E-state index is -1.49. The number of carboxylic acid groups (broad SMARTS) is 1. The van der Waals surface area contributed by atoms with Gasteiger partial charge in [0.25, 0.3) is 5.79 Å². The maximum atomic E-state index is 11.1. The highest BCUT2D eigenvalue weighted by Crippen LogP contribution is 2.31. The van der Waals surface area contributed by atoms with Gasteiger partial charge in [0.1, 0.15) is 0 Å². The number of rotatable bonds is 8. The lowest BCUT2D eigenvalue weighted by atomic mass is 9.87. The van der Waals surface area contributed by atoms with Gasteiger partial charge in [-0.05, 0) is 36.1 Å². The van der Waals surface area contributed by atoms with Gasteiger partial charge in [-0.25, -0.2) is 4.79 Å². The molecular formula is C22H27NO4. The van der Waals surface area contributed by atoms with Crippen molar-refractivity contribution < 1.29 is 19.4 Å². The summed E-state index contributed by atoms with van der Waals surface area (Å²) in [6.07, 6.45) is 7.90. The smallest absolute Gasteiger partial charge is 0.364 e. The predicted molar refractivity (Wildman–Crippen MR) is 102 cm³/mol. The minimum absolute atomic E-state index is 0.258. The van der Waals surface area contributed by atoms with E-state index >= 15 is 0 Å². The van der Waals surface area contributed by atoms with Crippen molar-refractivity contribution in [2.24, 2.45) is 5.92 Å². The van der Waals surface area contributed by atoms with Crippen LogP contribution in [-0.4, -0.2) is 35.1 Å². The Morgan fingerprint density at radius 2 is 1.74 bits per heavy atom. The number of pyridine rings is 1. The molecule has 1 fully saturated rings. The van der Waals surface area contributed by atoms with Crippen LogP contribution in [-0.2, 0) is 14.3 Å². The molecular weight excluding hydrogens is 342 g/mol. The van der Waals surface area contributed by atoms with Crippen LogP contribution in [0, 0.1) is 5.92 Å². The Labute approximate surface area is 160 Å². The van der Waals surface area contributed by atoms with Crippen molar-refractivity contribution in [1.29, 1.82) is 0 Å². The summed E-state index contributed by atoms with van der Waals surface area (Å²) in [4.78, 5) is 15.3. The number of benzene rings is 1. The molecule has 1 aliphatic rings. The lowest BCUT2D eigenvalue weighted by Gasteiger charge is -2.34. The number of aliphatic carboxylic acids is 1. The fraction of sp³-hybridized carbons (Fsp3) is 0.455. The summed E-state index contributed by atoms with van der Waals surface area (Å²) in [6, 6.07) is 14.8. The van der Waals surface area contributed by atoms with Crippen molar-refractivity contribution in [2.75, 3.05) is 13.2 Å². The third kappa shape index (κ3) is 5.15. The van der Waals surface area contributed by atoms with E-state index in [9.17, 15) is 4.79 Å².